The van der Waals surface area contributed by atoms with E-state index < -0.39 is 12.4 Å². The molecule has 0 saturated carbocycles. The van der Waals surface area contributed by atoms with Gasteiger partial charge in [0.2, 0.25) is 5.91 Å². The van der Waals surface area contributed by atoms with Crippen LogP contribution < -0.4 is 11.1 Å². The molecule has 0 fully saturated rings. The molecule has 0 aromatic heterocycles. The second kappa shape index (κ2) is 6.16. The molecule has 76 valence electrons. The Bertz CT molecular complexity index is 303. The van der Waals surface area contributed by atoms with Crippen molar-refractivity contribution in [2.24, 2.45) is 5.73 Å². The summed E-state index contributed by atoms with van der Waals surface area (Å²) in [6.45, 7) is -0.360. The third kappa shape index (κ3) is 4.62. The normalized spacial score (nSPS) is 13.3. The van der Waals surface area contributed by atoms with Crippen molar-refractivity contribution in [1.82, 2.24) is 5.32 Å². The molecule has 3 nitrogen and oxygen atoms in total. The number of primary amides is 1. The second-order valence-electron chi connectivity index (χ2n) is 3.08. The number of nitrogens with two attached hydrogens (primary N) is 1. The summed E-state index contributed by atoms with van der Waals surface area (Å²) < 4.78 is 7.60. The topological polar surface area (TPSA) is 55.1 Å². The lowest BCUT2D eigenvalue weighted by Crippen LogP contribution is -2.29. The van der Waals surface area contributed by atoms with Crippen LogP contribution in [0.5, 0.6) is 0 Å². The molecule has 0 aliphatic carbocycles. The van der Waals surface area contributed by atoms with E-state index in [2.05, 4.69) is 5.32 Å². The van der Waals surface area contributed by atoms with E-state index in [0.717, 1.165) is 6.42 Å². The van der Waals surface area contributed by atoms with E-state index in [1.807, 2.05) is 30.3 Å². The van der Waals surface area contributed by atoms with E-state index in [9.17, 15) is 4.79 Å². The molecule has 1 amide bonds. The highest BCUT2D eigenvalue weighted by Gasteiger charge is 1.93. The van der Waals surface area contributed by atoms with Crippen molar-refractivity contribution >= 4 is 5.91 Å². The number of amides is 1. The van der Waals surface area contributed by atoms with E-state index >= 15 is 0 Å². The molecule has 1 aromatic carbocycles. The first kappa shape index (κ1) is 9.21. The Balaban J connectivity index is 2.22. The Morgan fingerprint density at radius 1 is 1.43 bits per heavy atom. The Morgan fingerprint density at radius 3 is 2.79 bits per heavy atom. The van der Waals surface area contributed by atoms with Gasteiger partial charge in [0.05, 0.1) is 6.54 Å². The van der Waals surface area contributed by atoms with E-state index in [-0.39, 0.29) is 6.54 Å². The van der Waals surface area contributed by atoms with Gasteiger partial charge >= 0.3 is 0 Å². The van der Waals surface area contributed by atoms with Crippen molar-refractivity contribution in [3.8, 4) is 0 Å². The first-order chi connectivity index (χ1) is 7.18. The van der Waals surface area contributed by atoms with Gasteiger partial charge in [0, 0.05) is 1.37 Å². The standard InChI is InChI=1S/C11H16N2O/c12-11(14)9-13-8-4-7-10-5-2-1-3-6-10/h1-3,5-6,13H,4,7-9H2,(H2,12,14)/i8D/t8-/m0/s1. The van der Waals surface area contributed by atoms with Crippen LogP contribution in [-0.4, -0.2) is 19.0 Å². The fraction of sp³-hybridized carbons (Fsp3) is 0.364. The highest BCUT2D eigenvalue weighted by atomic mass is 16.1. The highest BCUT2D eigenvalue weighted by molar-refractivity contribution is 5.75. The van der Waals surface area contributed by atoms with Crippen molar-refractivity contribution in [2.75, 3.05) is 13.1 Å². The Hall–Kier alpha value is -1.35. The smallest absolute Gasteiger partial charge is 0.231 e. The molecule has 0 unspecified atom stereocenters. The molecular formula is C11H16N2O. The van der Waals surface area contributed by atoms with Gasteiger partial charge in [-0.3, -0.25) is 4.79 Å². The fourth-order valence-corrected chi connectivity index (χ4v) is 1.16. The zero-order chi connectivity index (χ0) is 11.1. The summed E-state index contributed by atoms with van der Waals surface area (Å²) in [5, 5.41) is 2.74. The average molecular weight is 193 g/mol. The predicted octanol–water partition coefficient (Wildman–Crippen LogP) is 0.694. The number of carbonyl (C=O) groups excluding carboxylic acids is 1. The van der Waals surface area contributed by atoms with Crippen LogP contribution in [0, 0.1) is 0 Å². The molecule has 0 spiro atoms. The van der Waals surface area contributed by atoms with Crippen LogP contribution in [0.1, 0.15) is 13.4 Å². The zero-order valence-electron chi connectivity index (χ0n) is 9.07. The van der Waals surface area contributed by atoms with Crippen molar-refractivity contribution in [1.29, 1.82) is 0 Å². The molecule has 0 aliphatic rings. The van der Waals surface area contributed by atoms with Gasteiger partial charge in [0.1, 0.15) is 0 Å². The van der Waals surface area contributed by atoms with Crippen LogP contribution in [0.2, 0.25) is 0 Å². The Kier molecular flexibility index (Phi) is 4.05. The van der Waals surface area contributed by atoms with Crippen LogP contribution >= 0.6 is 0 Å². The summed E-state index contributed by atoms with van der Waals surface area (Å²) in [5.74, 6) is -0.424. The molecule has 0 heterocycles. The molecule has 1 aromatic rings. The molecular weight excluding hydrogens is 176 g/mol. The summed E-state index contributed by atoms with van der Waals surface area (Å²) in [4.78, 5) is 10.5. The summed E-state index contributed by atoms with van der Waals surface area (Å²) in [6.07, 6.45) is 1.51. The van der Waals surface area contributed by atoms with Gasteiger partial charge in [-0.1, -0.05) is 30.3 Å². The van der Waals surface area contributed by atoms with Gasteiger partial charge in [-0.2, -0.15) is 0 Å². The Morgan fingerprint density at radius 2 is 2.14 bits per heavy atom. The minimum atomic E-state index is -0.433. The third-order valence-corrected chi connectivity index (χ3v) is 1.84. The minimum Gasteiger partial charge on any atom is -0.369 e. The molecule has 3 N–H and O–H groups in total. The van der Waals surface area contributed by atoms with Gasteiger partial charge in [-0.25, -0.2) is 0 Å². The van der Waals surface area contributed by atoms with Crippen LogP contribution in [0.4, 0.5) is 0 Å². The van der Waals surface area contributed by atoms with E-state index in [1.54, 1.807) is 0 Å². The monoisotopic (exact) mass is 193 g/mol. The lowest BCUT2D eigenvalue weighted by molar-refractivity contribution is -0.117. The van der Waals surface area contributed by atoms with Crippen LogP contribution in [0.25, 0.3) is 0 Å². The van der Waals surface area contributed by atoms with Crippen LogP contribution in [0.3, 0.4) is 0 Å². The minimum absolute atomic E-state index is 0.0724. The second-order valence-corrected chi connectivity index (χ2v) is 3.08. The summed E-state index contributed by atoms with van der Waals surface area (Å²) in [5.41, 5.74) is 6.17. The Labute approximate surface area is 85.7 Å². The van der Waals surface area contributed by atoms with Crippen LogP contribution in [-0.2, 0) is 11.2 Å². The summed E-state index contributed by atoms with van der Waals surface area (Å²) in [6, 6.07) is 9.98. The van der Waals surface area contributed by atoms with E-state index in [1.165, 1.54) is 5.56 Å². The number of hydrogen-bond acceptors (Lipinski definition) is 2. The molecule has 3 heteroatoms. The lowest BCUT2D eigenvalue weighted by atomic mass is 10.1. The first-order valence-corrected chi connectivity index (χ1v) is 4.66. The molecule has 0 aliphatic heterocycles. The largest absolute Gasteiger partial charge is 0.369 e. The molecule has 1 rings (SSSR count). The number of carbonyl (C=O) groups is 1. The number of benzene rings is 1. The van der Waals surface area contributed by atoms with Gasteiger partial charge in [0.25, 0.3) is 0 Å². The SMILES string of the molecule is [2H][C@@H](CCc1ccccc1)NCC(N)=O. The van der Waals surface area contributed by atoms with E-state index in [4.69, 9.17) is 7.10 Å². The molecule has 0 radical (unpaired) electrons. The van der Waals surface area contributed by atoms with Crippen molar-refractivity contribution < 1.29 is 6.17 Å². The third-order valence-electron chi connectivity index (χ3n) is 1.84. The van der Waals surface area contributed by atoms with Gasteiger partial charge in [-0.05, 0) is 24.9 Å². The zero-order valence-corrected chi connectivity index (χ0v) is 8.07. The molecule has 1 atom stereocenters. The maximum atomic E-state index is 10.5. The quantitative estimate of drug-likeness (QED) is 0.698. The van der Waals surface area contributed by atoms with Gasteiger partial charge in [-0.15, -0.1) is 0 Å². The molecule has 0 bridgehead atoms. The predicted molar refractivity (Wildman–Crippen MR) is 56.8 cm³/mol. The summed E-state index contributed by atoms with van der Waals surface area (Å²) in [7, 11) is 0. The first-order valence-electron chi connectivity index (χ1n) is 5.24. The fourth-order valence-electron chi connectivity index (χ4n) is 1.16. The summed E-state index contributed by atoms with van der Waals surface area (Å²) >= 11 is 0. The lowest BCUT2D eigenvalue weighted by Gasteiger charge is -2.02. The molecule has 0 saturated heterocycles. The maximum Gasteiger partial charge on any atom is 0.231 e. The highest BCUT2D eigenvalue weighted by Crippen LogP contribution is 2.00. The average Bonchev–Trinajstić information content (AvgIpc) is 2.25. The van der Waals surface area contributed by atoms with Crippen LogP contribution in [0.15, 0.2) is 30.3 Å². The van der Waals surface area contributed by atoms with Gasteiger partial charge < -0.3 is 11.1 Å². The van der Waals surface area contributed by atoms with Crippen molar-refractivity contribution in [3.05, 3.63) is 35.9 Å². The number of aryl methyl sites for hydroxylation is 1. The van der Waals surface area contributed by atoms with E-state index in [0.29, 0.717) is 6.42 Å². The number of rotatable bonds is 6. The molecule has 14 heavy (non-hydrogen) atoms. The maximum absolute atomic E-state index is 10.5. The number of nitrogens with one attached hydrogen (secondary N) is 1. The van der Waals surface area contributed by atoms with Crippen molar-refractivity contribution in [3.63, 3.8) is 0 Å². The van der Waals surface area contributed by atoms with Gasteiger partial charge in [0.15, 0.2) is 0 Å². The van der Waals surface area contributed by atoms with Crippen molar-refractivity contribution in [2.45, 2.75) is 12.8 Å². The number of hydrogen-bond donors (Lipinski definition) is 2.